The highest BCUT2D eigenvalue weighted by Crippen LogP contribution is 2.50. The van der Waals surface area contributed by atoms with E-state index in [0.717, 1.165) is 41.2 Å². The number of hydrogen-bond donors (Lipinski definition) is 2. The van der Waals surface area contributed by atoms with E-state index in [9.17, 15) is 9.50 Å². The van der Waals surface area contributed by atoms with E-state index < -0.39 is 0 Å². The molecule has 0 unspecified atom stereocenters. The number of aliphatic hydroxyl groups is 1. The normalized spacial score (nSPS) is 16.2. The number of benzene rings is 2. The van der Waals surface area contributed by atoms with Crippen LogP contribution in [0.3, 0.4) is 0 Å². The monoisotopic (exact) mass is 417 g/mol. The van der Waals surface area contributed by atoms with Gasteiger partial charge in [-0.1, -0.05) is 43.0 Å². The first kappa shape index (κ1) is 19.4. The average molecular weight is 417 g/mol. The minimum Gasteiger partial charge on any atom is -0.508 e. The summed E-state index contributed by atoms with van der Waals surface area (Å²) in [5.74, 6) is 1.37. The van der Waals surface area contributed by atoms with Crippen molar-refractivity contribution in [1.29, 1.82) is 0 Å². The third-order valence-electron chi connectivity index (χ3n) is 5.96. The van der Waals surface area contributed by atoms with Crippen LogP contribution in [-0.2, 0) is 12.1 Å². The summed E-state index contributed by atoms with van der Waals surface area (Å²) in [5.41, 5.74) is 3.47. The van der Waals surface area contributed by atoms with Crippen molar-refractivity contribution in [3.8, 4) is 5.75 Å². The van der Waals surface area contributed by atoms with Crippen LogP contribution in [0.1, 0.15) is 29.5 Å². The Labute approximate surface area is 180 Å². The van der Waals surface area contributed by atoms with Crippen LogP contribution in [0.15, 0.2) is 67.4 Å². The molecule has 1 aromatic heterocycles. The Balaban J connectivity index is 1.45. The molecular formula is C25H24FN3O2. The smallest absolute Gasteiger partial charge is 0.154 e. The Morgan fingerprint density at radius 2 is 2.00 bits per heavy atom. The number of ether oxygens (including phenoxy) is 1. The lowest BCUT2D eigenvalue weighted by Gasteiger charge is -2.33. The second-order valence-electron chi connectivity index (χ2n) is 8.14. The number of nitrogens with one attached hydrogen (secondary N) is 1. The summed E-state index contributed by atoms with van der Waals surface area (Å²) in [4.78, 5) is 6.83. The Bertz CT molecular complexity index is 1130. The number of aromatic nitrogens is 1. The average Bonchev–Trinajstić information content (AvgIpc) is 3.55. The van der Waals surface area contributed by atoms with Crippen molar-refractivity contribution in [2.75, 3.05) is 23.4 Å². The molecule has 2 aliphatic rings. The van der Waals surface area contributed by atoms with Crippen LogP contribution >= 0.6 is 0 Å². The number of aliphatic hydroxyl groups excluding tert-OH is 1. The molecule has 31 heavy (non-hydrogen) atoms. The molecule has 2 aromatic carbocycles. The first-order valence-corrected chi connectivity index (χ1v) is 10.4. The van der Waals surface area contributed by atoms with E-state index in [1.165, 1.54) is 6.07 Å². The van der Waals surface area contributed by atoms with Crippen LogP contribution in [0, 0.1) is 5.82 Å². The minimum atomic E-state index is -0.235. The van der Waals surface area contributed by atoms with Gasteiger partial charge in [-0.25, -0.2) is 9.37 Å². The van der Waals surface area contributed by atoms with Crippen LogP contribution in [-0.4, -0.2) is 23.2 Å². The van der Waals surface area contributed by atoms with E-state index in [1.807, 2.05) is 36.4 Å². The number of pyridine rings is 1. The summed E-state index contributed by atoms with van der Waals surface area (Å²) in [7, 11) is 0. The van der Waals surface area contributed by atoms with E-state index in [4.69, 9.17) is 4.74 Å². The van der Waals surface area contributed by atoms with Crippen LogP contribution in [0.25, 0.3) is 5.76 Å². The molecule has 1 aliphatic heterocycles. The molecule has 1 aliphatic carbocycles. The van der Waals surface area contributed by atoms with E-state index in [2.05, 4.69) is 21.8 Å². The summed E-state index contributed by atoms with van der Waals surface area (Å²) in [5, 5.41) is 13.3. The Kier molecular flexibility index (Phi) is 4.77. The van der Waals surface area contributed by atoms with Gasteiger partial charge in [-0.05, 0) is 36.1 Å². The molecule has 5 nitrogen and oxygen atoms in total. The fourth-order valence-electron chi connectivity index (χ4n) is 4.16. The predicted molar refractivity (Wildman–Crippen MR) is 120 cm³/mol. The van der Waals surface area contributed by atoms with Gasteiger partial charge in [-0.15, -0.1) is 0 Å². The van der Waals surface area contributed by atoms with E-state index in [1.54, 1.807) is 18.3 Å². The zero-order chi connectivity index (χ0) is 21.4. The number of fused-ring (bicyclic) bond motifs is 1. The molecule has 158 valence electrons. The maximum Gasteiger partial charge on any atom is 0.154 e. The topological polar surface area (TPSA) is 57.6 Å². The van der Waals surface area contributed by atoms with Crippen molar-refractivity contribution in [2.24, 2.45) is 0 Å². The van der Waals surface area contributed by atoms with E-state index in [0.29, 0.717) is 25.3 Å². The first-order valence-electron chi connectivity index (χ1n) is 10.4. The number of anilines is 2. The van der Waals surface area contributed by atoms with E-state index >= 15 is 0 Å². The molecule has 1 saturated carbocycles. The Morgan fingerprint density at radius 3 is 2.71 bits per heavy atom. The molecule has 5 rings (SSSR count). The Hall–Kier alpha value is -3.54. The molecule has 2 N–H and O–H groups in total. The number of nitrogens with zero attached hydrogens (tertiary/aromatic N) is 2. The zero-order valence-electron chi connectivity index (χ0n) is 17.1. The number of rotatable bonds is 6. The highest BCUT2D eigenvalue weighted by atomic mass is 19.1. The second-order valence-corrected chi connectivity index (χ2v) is 8.14. The lowest BCUT2D eigenvalue weighted by atomic mass is 10.0. The molecule has 0 saturated heterocycles. The van der Waals surface area contributed by atoms with Crippen molar-refractivity contribution in [1.82, 2.24) is 4.98 Å². The van der Waals surface area contributed by atoms with Crippen LogP contribution in [0.2, 0.25) is 0 Å². The fraction of sp³-hybridized carbons (Fsp3) is 0.240. The Morgan fingerprint density at radius 1 is 1.19 bits per heavy atom. The van der Waals surface area contributed by atoms with Gasteiger partial charge in [0.2, 0.25) is 0 Å². The van der Waals surface area contributed by atoms with Crippen molar-refractivity contribution >= 4 is 17.3 Å². The molecule has 3 aromatic rings. The standard InChI is InChI=1S/C25H24FN3O2/c1-17(30)19-5-7-20(8-6-19)25(10-11-25)28-24-23-22(9-12-27-24)31-14-13-29(23)16-18-3-2-4-21(26)15-18/h2-9,12,15,30H,1,10-11,13-14,16H2,(H,27,28). The van der Waals surface area contributed by atoms with Gasteiger partial charge in [0.25, 0.3) is 0 Å². The molecule has 1 fully saturated rings. The van der Waals surface area contributed by atoms with E-state index in [-0.39, 0.29) is 17.1 Å². The van der Waals surface area contributed by atoms with Gasteiger partial charge in [0.1, 0.15) is 29.6 Å². The van der Waals surface area contributed by atoms with Gasteiger partial charge in [0.05, 0.1) is 12.1 Å². The maximum absolute atomic E-state index is 13.7. The largest absolute Gasteiger partial charge is 0.508 e. The maximum atomic E-state index is 13.7. The highest BCUT2D eigenvalue weighted by molar-refractivity contribution is 5.75. The lowest BCUT2D eigenvalue weighted by Crippen LogP contribution is -2.34. The fourth-order valence-corrected chi connectivity index (χ4v) is 4.16. The summed E-state index contributed by atoms with van der Waals surface area (Å²) in [6, 6.07) is 16.4. The summed E-state index contributed by atoms with van der Waals surface area (Å²) < 4.78 is 19.6. The van der Waals surface area contributed by atoms with Gasteiger partial charge in [-0.2, -0.15) is 0 Å². The number of halogens is 1. The predicted octanol–water partition coefficient (Wildman–Crippen LogP) is 5.25. The second kappa shape index (κ2) is 7.61. The van der Waals surface area contributed by atoms with Crippen molar-refractivity contribution in [3.05, 3.63) is 89.9 Å². The van der Waals surface area contributed by atoms with Crippen LogP contribution in [0.4, 0.5) is 15.9 Å². The molecule has 0 atom stereocenters. The van der Waals surface area contributed by atoms with Gasteiger partial charge in [-0.3, -0.25) is 0 Å². The molecule has 0 amide bonds. The van der Waals surface area contributed by atoms with Crippen LogP contribution in [0.5, 0.6) is 5.75 Å². The summed E-state index contributed by atoms with van der Waals surface area (Å²) >= 11 is 0. The zero-order valence-corrected chi connectivity index (χ0v) is 17.1. The van der Waals surface area contributed by atoms with Gasteiger partial charge < -0.3 is 20.1 Å². The molecule has 6 heteroatoms. The van der Waals surface area contributed by atoms with Gasteiger partial charge >= 0.3 is 0 Å². The number of hydrogen-bond acceptors (Lipinski definition) is 5. The lowest BCUT2D eigenvalue weighted by molar-refractivity contribution is 0.306. The van der Waals surface area contributed by atoms with Crippen molar-refractivity contribution in [3.63, 3.8) is 0 Å². The molecule has 0 spiro atoms. The van der Waals surface area contributed by atoms with Crippen molar-refractivity contribution < 1.29 is 14.2 Å². The third-order valence-corrected chi connectivity index (χ3v) is 5.96. The molecular weight excluding hydrogens is 393 g/mol. The molecule has 0 bridgehead atoms. The molecule has 2 heterocycles. The SMILES string of the molecule is C=C(O)c1ccc(C2(Nc3nccc4c3N(Cc3cccc(F)c3)CCO4)CC2)cc1. The molecule has 0 radical (unpaired) electrons. The third kappa shape index (κ3) is 3.81. The van der Waals surface area contributed by atoms with Crippen molar-refractivity contribution in [2.45, 2.75) is 24.9 Å². The van der Waals surface area contributed by atoms with Crippen LogP contribution < -0.4 is 15.0 Å². The van der Waals surface area contributed by atoms with Gasteiger partial charge in [0, 0.05) is 24.4 Å². The quantitative estimate of drug-likeness (QED) is 0.537. The first-order chi connectivity index (χ1) is 15.0. The highest BCUT2D eigenvalue weighted by Gasteiger charge is 2.45. The summed E-state index contributed by atoms with van der Waals surface area (Å²) in [6.45, 7) is 5.43. The summed E-state index contributed by atoms with van der Waals surface area (Å²) in [6.07, 6.45) is 3.73. The van der Waals surface area contributed by atoms with Gasteiger partial charge in [0.15, 0.2) is 5.82 Å². The minimum absolute atomic E-state index is 0.0632.